The normalized spacial score (nSPS) is 25.1. The summed E-state index contributed by atoms with van der Waals surface area (Å²) in [6.07, 6.45) is 2.15. The third-order valence-electron chi connectivity index (χ3n) is 5.34. The summed E-state index contributed by atoms with van der Waals surface area (Å²) in [7, 11) is 2.21. The molecule has 0 amide bonds. The van der Waals surface area contributed by atoms with Gasteiger partial charge >= 0.3 is 0 Å². The van der Waals surface area contributed by atoms with Crippen molar-refractivity contribution in [2.75, 3.05) is 33.3 Å². The number of ether oxygens (including phenoxy) is 1. The zero-order valence-corrected chi connectivity index (χ0v) is 14.6. The molecule has 0 bridgehead atoms. The second kappa shape index (κ2) is 6.27. The number of fused-ring (bicyclic) bond motifs is 1. The van der Waals surface area contributed by atoms with E-state index in [4.69, 9.17) is 9.84 Å². The maximum absolute atomic E-state index is 5.96. The summed E-state index contributed by atoms with van der Waals surface area (Å²) in [5.74, 6) is 0.877. The largest absolute Gasteiger partial charge is 0.374 e. The van der Waals surface area contributed by atoms with E-state index in [2.05, 4.69) is 35.7 Å². The van der Waals surface area contributed by atoms with Crippen LogP contribution in [0.1, 0.15) is 17.0 Å². The molecule has 6 nitrogen and oxygen atoms in total. The molecule has 2 aromatic heterocycles. The minimum absolute atomic E-state index is 0.343. The Morgan fingerprint density at radius 1 is 1.25 bits per heavy atom. The minimum Gasteiger partial charge on any atom is -0.374 e. The zero-order valence-electron chi connectivity index (χ0n) is 14.6. The van der Waals surface area contributed by atoms with Crippen LogP contribution in [-0.4, -0.2) is 70.0 Å². The lowest BCUT2D eigenvalue weighted by atomic mass is 10.1. The monoisotopic (exact) mass is 327 g/mol. The van der Waals surface area contributed by atoms with Crippen LogP contribution in [0.4, 0.5) is 0 Å². The molecule has 128 valence electrons. The van der Waals surface area contributed by atoms with Crippen molar-refractivity contribution in [2.24, 2.45) is 0 Å². The number of nitrogens with zero attached hydrogens (tertiary/aromatic N) is 5. The van der Waals surface area contributed by atoms with Crippen molar-refractivity contribution in [1.82, 2.24) is 24.6 Å². The molecule has 2 aliphatic heterocycles. The van der Waals surface area contributed by atoms with Gasteiger partial charge in [-0.2, -0.15) is 5.10 Å². The maximum atomic E-state index is 5.96. The van der Waals surface area contributed by atoms with Gasteiger partial charge in [0.2, 0.25) is 0 Å². The highest BCUT2D eigenvalue weighted by atomic mass is 16.5. The van der Waals surface area contributed by atoms with Crippen LogP contribution >= 0.6 is 0 Å². The van der Waals surface area contributed by atoms with E-state index in [0.717, 1.165) is 44.3 Å². The molecule has 0 saturated carbocycles. The first-order valence-corrected chi connectivity index (χ1v) is 8.64. The van der Waals surface area contributed by atoms with Crippen LogP contribution in [0, 0.1) is 13.8 Å². The van der Waals surface area contributed by atoms with Gasteiger partial charge in [0.1, 0.15) is 0 Å². The molecule has 0 aliphatic carbocycles. The molecule has 6 heteroatoms. The van der Waals surface area contributed by atoms with Crippen molar-refractivity contribution >= 4 is 0 Å². The summed E-state index contributed by atoms with van der Waals surface area (Å²) in [4.78, 5) is 9.36. The van der Waals surface area contributed by atoms with E-state index >= 15 is 0 Å². The summed E-state index contributed by atoms with van der Waals surface area (Å²) in [6.45, 7) is 9.10. The Kier molecular flexibility index (Phi) is 4.12. The number of likely N-dealkylation sites (N-methyl/N-ethyl adjacent to an activating group) is 1. The lowest BCUT2D eigenvalue weighted by Gasteiger charge is -2.33. The molecule has 2 aromatic rings. The van der Waals surface area contributed by atoms with E-state index in [9.17, 15) is 0 Å². The SMILES string of the molecule is Cc1nn(-c2ccccn2)c(C)c1CN1C[C@H]2OCCN(C)[C@H]2C1. The average Bonchev–Trinajstić information content (AvgIpc) is 3.13. The first-order valence-electron chi connectivity index (χ1n) is 8.64. The molecule has 4 heterocycles. The number of aryl methyl sites for hydroxylation is 1. The van der Waals surface area contributed by atoms with Crippen LogP contribution in [0.2, 0.25) is 0 Å². The Bertz CT molecular complexity index is 714. The van der Waals surface area contributed by atoms with Crippen molar-refractivity contribution in [1.29, 1.82) is 0 Å². The predicted molar refractivity (Wildman–Crippen MR) is 92.3 cm³/mol. The minimum atomic E-state index is 0.343. The molecule has 0 radical (unpaired) electrons. The lowest BCUT2D eigenvalue weighted by molar-refractivity contribution is -0.0370. The van der Waals surface area contributed by atoms with Gasteiger partial charge in [0.25, 0.3) is 0 Å². The van der Waals surface area contributed by atoms with E-state index in [1.165, 1.54) is 11.3 Å². The highest BCUT2D eigenvalue weighted by Gasteiger charge is 2.38. The molecule has 0 spiro atoms. The topological polar surface area (TPSA) is 46.4 Å². The zero-order chi connectivity index (χ0) is 16.7. The quantitative estimate of drug-likeness (QED) is 0.853. The molecule has 0 N–H and O–H groups in total. The summed E-state index contributed by atoms with van der Waals surface area (Å²) in [5.41, 5.74) is 3.57. The highest BCUT2D eigenvalue weighted by Crippen LogP contribution is 2.25. The molecular formula is C18H25N5O. The number of pyridine rings is 1. The Morgan fingerprint density at radius 2 is 2.12 bits per heavy atom. The molecule has 2 saturated heterocycles. The van der Waals surface area contributed by atoms with E-state index < -0.39 is 0 Å². The number of morpholine rings is 1. The molecule has 2 aliphatic rings. The second-order valence-corrected chi connectivity index (χ2v) is 6.90. The van der Waals surface area contributed by atoms with Crippen LogP contribution in [0.15, 0.2) is 24.4 Å². The molecular weight excluding hydrogens is 302 g/mol. The van der Waals surface area contributed by atoms with Crippen LogP contribution in [-0.2, 0) is 11.3 Å². The smallest absolute Gasteiger partial charge is 0.153 e. The van der Waals surface area contributed by atoms with Gasteiger partial charge in [0.15, 0.2) is 5.82 Å². The van der Waals surface area contributed by atoms with Gasteiger partial charge in [-0.25, -0.2) is 9.67 Å². The summed E-state index contributed by atoms with van der Waals surface area (Å²) in [6, 6.07) is 6.44. The molecule has 24 heavy (non-hydrogen) atoms. The van der Waals surface area contributed by atoms with E-state index in [-0.39, 0.29) is 0 Å². The second-order valence-electron chi connectivity index (χ2n) is 6.90. The third-order valence-corrected chi connectivity index (χ3v) is 5.34. The maximum Gasteiger partial charge on any atom is 0.153 e. The van der Waals surface area contributed by atoms with Crippen LogP contribution < -0.4 is 0 Å². The fourth-order valence-electron chi connectivity index (χ4n) is 3.89. The molecule has 4 rings (SSSR count). The Balaban J connectivity index is 1.54. The standard InChI is InChI=1S/C18H25N5O/c1-13-15(14(2)23(20-13)18-6-4-5-7-19-18)10-22-11-16-17(12-22)24-9-8-21(16)3/h4-7,16-17H,8-12H2,1-3H3/t16-,17+/m0/s1. The molecule has 2 fully saturated rings. The summed E-state index contributed by atoms with van der Waals surface area (Å²) in [5, 5.41) is 4.71. The van der Waals surface area contributed by atoms with Crippen LogP contribution in [0.25, 0.3) is 5.82 Å². The average molecular weight is 327 g/mol. The first-order chi connectivity index (χ1) is 11.6. The van der Waals surface area contributed by atoms with Gasteiger partial charge in [-0.1, -0.05) is 6.07 Å². The number of likely N-dealkylation sites (tertiary alicyclic amines) is 1. The van der Waals surface area contributed by atoms with E-state index in [1.807, 2.05) is 29.1 Å². The first kappa shape index (κ1) is 15.7. The highest BCUT2D eigenvalue weighted by molar-refractivity contribution is 5.32. The van der Waals surface area contributed by atoms with Crippen molar-refractivity contribution in [2.45, 2.75) is 32.5 Å². The van der Waals surface area contributed by atoms with E-state index in [0.29, 0.717) is 12.1 Å². The number of hydrogen-bond acceptors (Lipinski definition) is 5. The number of aromatic nitrogens is 3. The molecule has 0 aromatic carbocycles. The van der Waals surface area contributed by atoms with Gasteiger partial charge in [-0.05, 0) is 33.0 Å². The predicted octanol–water partition coefficient (Wildman–Crippen LogP) is 1.40. The summed E-state index contributed by atoms with van der Waals surface area (Å²) >= 11 is 0. The lowest BCUT2D eigenvalue weighted by Crippen LogP contribution is -2.48. The van der Waals surface area contributed by atoms with Crippen molar-refractivity contribution in [3.05, 3.63) is 41.3 Å². The fraction of sp³-hybridized carbons (Fsp3) is 0.556. The fourth-order valence-corrected chi connectivity index (χ4v) is 3.89. The Labute approximate surface area is 143 Å². The third kappa shape index (κ3) is 2.75. The van der Waals surface area contributed by atoms with Crippen molar-refractivity contribution < 1.29 is 4.74 Å². The Morgan fingerprint density at radius 3 is 2.88 bits per heavy atom. The van der Waals surface area contributed by atoms with Gasteiger partial charge in [-0.3, -0.25) is 9.80 Å². The number of hydrogen-bond donors (Lipinski definition) is 0. The van der Waals surface area contributed by atoms with Crippen molar-refractivity contribution in [3.8, 4) is 5.82 Å². The van der Waals surface area contributed by atoms with Gasteiger partial charge in [0, 0.05) is 49.7 Å². The molecule has 2 atom stereocenters. The molecule has 0 unspecified atom stereocenters. The summed E-state index contributed by atoms with van der Waals surface area (Å²) < 4.78 is 7.92. The number of rotatable bonds is 3. The van der Waals surface area contributed by atoms with Gasteiger partial charge in [0.05, 0.1) is 18.4 Å². The van der Waals surface area contributed by atoms with Gasteiger partial charge in [-0.15, -0.1) is 0 Å². The van der Waals surface area contributed by atoms with Crippen LogP contribution in [0.5, 0.6) is 0 Å². The van der Waals surface area contributed by atoms with E-state index in [1.54, 1.807) is 0 Å². The van der Waals surface area contributed by atoms with Gasteiger partial charge < -0.3 is 4.74 Å². The van der Waals surface area contributed by atoms with Crippen LogP contribution in [0.3, 0.4) is 0 Å². The Hall–Kier alpha value is -1.76. The van der Waals surface area contributed by atoms with Crippen molar-refractivity contribution in [3.63, 3.8) is 0 Å².